The predicted molar refractivity (Wildman–Crippen MR) is 95.2 cm³/mol. The summed E-state index contributed by atoms with van der Waals surface area (Å²) in [6.07, 6.45) is -3.01. The number of rotatable bonds is 2. The molecule has 1 amide bonds. The molecule has 1 aromatic heterocycles. The van der Waals surface area contributed by atoms with E-state index in [1.54, 1.807) is 16.8 Å². The van der Waals surface area contributed by atoms with Gasteiger partial charge in [-0.05, 0) is 37.9 Å². The van der Waals surface area contributed by atoms with Crippen molar-refractivity contribution < 1.29 is 18.0 Å². The number of hydrogen-bond acceptors (Lipinski definition) is 4. The van der Waals surface area contributed by atoms with Gasteiger partial charge in [0.15, 0.2) is 0 Å². The Morgan fingerprint density at radius 3 is 2.54 bits per heavy atom. The van der Waals surface area contributed by atoms with E-state index in [1.807, 2.05) is 25.2 Å². The molecule has 8 heteroatoms. The van der Waals surface area contributed by atoms with Gasteiger partial charge in [0.25, 0.3) is 0 Å². The third-order valence-corrected chi connectivity index (χ3v) is 4.57. The van der Waals surface area contributed by atoms with E-state index in [1.165, 1.54) is 0 Å². The molecule has 26 heavy (non-hydrogen) atoms. The lowest BCUT2D eigenvalue weighted by Crippen LogP contribution is -2.41. The van der Waals surface area contributed by atoms with E-state index in [0.29, 0.717) is 25.9 Å². The van der Waals surface area contributed by atoms with Crippen molar-refractivity contribution in [2.45, 2.75) is 31.9 Å². The van der Waals surface area contributed by atoms with Crippen LogP contribution in [-0.2, 0) is 11.2 Å². The molecule has 0 fully saturated rings. The largest absolute Gasteiger partial charge is 0.390 e. The molecule has 5 nitrogen and oxygen atoms in total. The van der Waals surface area contributed by atoms with Crippen LogP contribution in [0, 0.1) is 0 Å². The Hall–Kier alpha value is -1.83. The Morgan fingerprint density at radius 2 is 1.81 bits per heavy atom. The lowest BCUT2D eigenvalue weighted by molar-refractivity contribution is -0.142. The van der Waals surface area contributed by atoms with Crippen LogP contribution in [0.1, 0.15) is 25.0 Å². The highest BCUT2D eigenvalue weighted by Crippen LogP contribution is 2.20. The molecular weight excluding hydrogens is 345 g/mol. The fourth-order valence-corrected chi connectivity index (χ4v) is 2.95. The first-order chi connectivity index (χ1) is 12.2. The third-order valence-electron chi connectivity index (χ3n) is 4.57. The molecule has 0 N–H and O–H groups in total. The summed E-state index contributed by atoms with van der Waals surface area (Å²) in [5.41, 5.74) is 0.922. The Labute approximate surface area is 152 Å². The summed E-state index contributed by atoms with van der Waals surface area (Å²) < 4.78 is 37.7. The minimum atomic E-state index is -4.21. The van der Waals surface area contributed by atoms with Crippen molar-refractivity contribution in [3.05, 3.63) is 23.9 Å². The second-order valence-corrected chi connectivity index (χ2v) is 6.82. The first kappa shape index (κ1) is 20.5. The maximum Gasteiger partial charge on any atom is 0.390 e. The number of aryl methyl sites for hydroxylation is 1. The average molecular weight is 372 g/mol. The van der Waals surface area contributed by atoms with Gasteiger partial charge < -0.3 is 9.80 Å². The molecule has 0 radical (unpaired) electrons. The van der Waals surface area contributed by atoms with Crippen molar-refractivity contribution in [2.24, 2.45) is 0 Å². The Bertz CT molecular complexity index is 594. The van der Waals surface area contributed by atoms with Crippen molar-refractivity contribution >= 4 is 11.7 Å². The number of anilines is 1. The van der Waals surface area contributed by atoms with E-state index in [4.69, 9.17) is 0 Å². The summed E-state index contributed by atoms with van der Waals surface area (Å²) >= 11 is 0. The van der Waals surface area contributed by atoms with Gasteiger partial charge in [0, 0.05) is 39.4 Å². The van der Waals surface area contributed by atoms with Crippen molar-refractivity contribution in [1.82, 2.24) is 14.8 Å². The van der Waals surface area contributed by atoms with Crippen molar-refractivity contribution in [1.29, 1.82) is 0 Å². The van der Waals surface area contributed by atoms with Crippen LogP contribution in [-0.4, -0.2) is 73.7 Å². The number of aromatic nitrogens is 1. The smallest absolute Gasteiger partial charge is 0.360 e. The van der Waals surface area contributed by atoms with Crippen LogP contribution in [0.5, 0.6) is 0 Å². The van der Waals surface area contributed by atoms with Crippen molar-refractivity contribution in [3.8, 4) is 0 Å². The van der Waals surface area contributed by atoms with Gasteiger partial charge in [-0.25, -0.2) is 4.98 Å². The molecule has 0 aliphatic carbocycles. The number of pyridine rings is 1. The number of amides is 1. The van der Waals surface area contributed by atoms with E-state index >= 15 is 0 Å². The number of carbonyl (C=O) groups excluding carboxylic acids is 1. The Balaban J connectivity index is 2.09. The summed E-state index contributed by atoms with van der Waals surface area (Å²) in [6.45, 7) is 1.63. The monoisotopic (exact) mass is 372 g/mol. The summed E-state index contributed by atoms with van der Waals surface area (Å²) in [5, 5.41) is 0. The minimum absolute atomic E-state index is 0.0237. The highest BCUT2D eigenvalue weighted by molar-refractivity contribution is 5.77. The van der Waals surface area contributed by atoms with Crippen molar-refractivity contribution in [2.75, 3.05) is 51.7 Å². The van der Waals surface area contributed by atoms with Gasteiger partial charge >= 0.3 is 6.18 Å². The molecule has 1 aromatic rings. The molecule has 2 bridgehead atoms. The molecular formula is C18H27F3N4O. The number of halogens is 3. The van der Waals surface area contributed by atoms with E-state index < -0.39 is 12.6 Å². The first-order valence-electron chi connectivity index (χ1n) is 8.95. The summed E-state index contributed by atoms with van der Waals surface area (Å²) in [7, 11) is 3.67. The van der Waals surface area contributed by atoms with Crippen LogP contribution < -0.4 is 4.90 Å². The van der Waals surface area contributed by atoms with Crippen molar-refractivity contribution in [3.63, 3.8) is 0 Å². The molecule has 0 saturated heterocycles. The Morgan fingerprint density at radius 1 is 1.08 bits per heavy atom. The van der Waals surface area contributed by atoms with Gasteiger partial charge in [-0.3, -0.25) is 9.69 Å². The molecule has 0 saturated carbocycles. The SMILES string of the molecule is CN1CCCN(C)c2cccc(n2)CCCN(CCC(F)(F)F)CC1=O. The average Bonchev–Trinajstić information content (AvgIpc) is 2.58. The highest BCUT2D eigenvalue weighted by atomic mass is 19.4. The Kier molecular flexibility index (Phi) is 7.25. The zero-order valence-electron chi connectivity index (χ0n) is 15.4. The standard InChI is InChI=1S/C18H27F3N4O/c1-23-10-5-11-24(2)17(26)14-25(13-9-18(19,20)21)12-4-7-15-6-3-8-16(23)22-15/h3,6,8H,4-5,7,9-14H2,1-2H3. The fraction of sp³-hybridized carbons (Fsp3) is 0.667. The summed E-state index contributed by atoms with van der Waals surface area (Å²) in [4.78, 5) is 22.2. The van der Waals surface area contributed by atoms with E-state index in [9.17, 15) is 18.0 Å². The number of alkyl halides is 3. The van der Waals surface area contributed by atoms with Gasteiger partial charge in [0.05, 0.1) is 13.0 Å². The third kappa shape index (κ3) is 6.82. The topological polar surface area (TPSA) is 39.7 Å². The quantitative estimate of drug-likeness (QED) is 0.800. The predicted octanol–water partition coefficient (Wildman–Crippen LogP) is 2.57. The zero-order valence-corrected chi connectivity index (χ0v) is 15.4. The van der Waals surface area contributed by atoms with E-state index in [0.717, 1.165) is 24.5 Å². The zero-order chi connectivity index (χ0) is 19.2. The molecule has 0 aromatic carbocycles. The van der Waals surface area contributed by atoms with E-state index in [2.05, 4.69) is 9.88 Å². The van der Waals surface area contributed by atoms with Crippen LogP contribution in [0.15, 0.2) is 18.2 Å². The fourth-order valence-electron chi connectivity index (χ4n) is 2.95. The number of likely N-dealkylation sites (N-methyl/N-ethyl adjacent to an activating group) is 1. The normalized spacial score (nSPS) is 18.7. The maximum absolute atomic E-state index is 12.6. The van der Waals surface area contributed by atoms with Gasteiger partial charge in [-0.2, -0.15) is 13.2 Å². The lowest BCUT2D eigenvalue weighted by Gasteiger charge is -2.27. The highest BCUT2D eigenvalue weighted by Gasteiger charge is 2.28. The molecule has 2 rings (SSSR count). The van der Waals surface area contributed by atoms with E-state index in [-0.39, 0.29) is 19.0 Å². The van der Waals surface area contributed by atoms with Crippen LogP contribution in [0.2, 0.25) is 0 Å². The number of hydrogen-bond donors (Lipinski definition) is 0. The van der Waals surface area contributed by atoms with Gasteiger partial charge in [-0.1, -0.05) is 6.07 Å². The number of carbonyl (C=O) groups is 1. The van der Waals surface area contributed by atoms with Crippen LogP contribution in [0.25, 0.3) is 0 Å². The van der Waals surface area contributed by atoms with Crippen LogP contribution >= 0.6 is 0 Å². The van der Waals surface area contributed by atoms with Gasteiger partial charge in [0.1, 0.15) is 5.82 Å². The molecule has 2 heterocycles. The molecule has 0 unspecified atom stereocenters. The lowest BCUT2D eigenvalue weighted by atomic mass is 10.2. The van der Waals surface area contributed by atoms with Crippen LogP contribution in [0.4, 0.5) is 19.0 Å². The summed E-state index contributed by atoms with van der Waals surface area (Å²) in [5.74, 6) is 0.742. The second-order valence-electron chi connectivity index (χ2n) is 6.82. The van der Waals surface area contributed by atoms with Crippen LogP contribution in [0.3, 0.4) is 0 Å². The number of fused-ring (bicyclic) bond motifs is 2. The first-order valence-corrected chi connectivity index (χ1v) is 8.95. The number of nitrogens with zero attached hydrogens (tertiary/aromatic N) is 4. The summed E-state index contributed by atoms with van der Waals surface area (Å²) in [6, 6.07) is 5.83. The minimum Gasteiger partial charge on any atom is -0.360 e. The van der Waals surface area contributed by atoms with Gasteiger partial charge in [0.2, 0.25) is 5.91 Å². The molecule has 146 valence electrons. The second kappa shape index (κ2) is 9.21. The molecule has 0 spiro atoms. The molecule has 1 aliphatic heterocycles. The molecule has 0 atom stereocenters. The molecule has 1 aliphatic rings. The van der Waals surface area contributed by atoms with Gasteiger partial charge in [-0.15, -0.1) is 0 Å². The maximum atomic E-state index is 12.6.